The Hall–Kier alpha value is -2.16. The molecule has 0 bridgehead atoms. The predicted octanol–water partition coefficient (Wildman–Crippen LogP) is 0.0825. The monoisotopic (exact) mass is 398 g/mol. The molecule has 0 saturated carbocycles. The molecule has 3 amide bonds. The van der Waals surface area contributed by atoms with E-state index in [1.165, 1.54) is 4.90 Å². The molecule has 0 aromatic rings. The number of hydrogen-bond donors (Lipinski definition) is 4. The molecule has 0 aromatic heterocycles. The molecule has 0 spiro atoms. The van der Waals surface area contributed by atoms with Crippen molar-refractivity contribution < 1.29 is 24.3 Å². The van der Waals surface area contributed by atoms with E-state index in [2.05, 4.69) is 10.6 Å². The summed E-state index contributed by atoms with van der Waals surface area (Å²) in [6, 6.07) is -2.32. The van der Waals surface area contributed by atoms with E-state index in [1.54, 1.807) is 6.92 Å². The van der Waals surface area contributed by atoms with Crippen molar-refractivity contribution in [3.05, 3.63) is 0 Å². The molecule has 1 rings (SSSR count). The zero-order chi connectivity index (χ0) is 21.4. The van der Waals surface area contributed by atoms with Crippen LogP contribution in [0, 0.1) is 11.8 Å². The summed E-state index contributed by atoms with van der Waals surface area (Å²) in [7, 11) is 0. The number of amides is 3. The van der Waals surface area contributed by atoms with Crippen LogP contribution in [0.3, 0.4) is 0 Å². The Kier molecular flexibility index (Phi) is 9.37. The molecule has 0 radical (unpaired) electrons. The summed E-state index contributed by atoms with van der Waals surface area (Å²) in [6.45, 7) is 7.55. The topological polar surface area (TPSA) is 142 Å². The molecule has 1 saturated heterocycles. The molecule has 0 aliphatic carbocycles. The summed E-state index contributed by atoms with van der Waals surface area (Å²) in [5, 5.41) is 14.2. The summed E-state index contributed by atoms with van der Waals surface area (Å²) in [6.07, 6.45) is 2.56. The van der Waals surface area contributed by atoms with Crippen LogP contribution in [-0.4, -0.2) is 64.9 Å². The maximum absolute atomic E-state index is 12.6. The molecule has 1 aliphatic heterocycles. The number of carboxylic acids is 1. The van der Waals surface area contributed by atoms with Gasteiger partial charge in [0, 0.05) is 6.54 Å². The molecule has 0 unspecified atom stereocenters. The van der Waals surface area contributed by atoms with Gasteiger partial charge in [-0.3, -0.25) is 14.4 Å². The molecule has 5 N–H and O–H groups in total. The van der Waals surface area contributed by atoms with Crippen molar-refractivity contribution in [3.63, 3.8) is 0 Å². The third-order valence-corrected chi connectivity index (χ3v) is 5.60. The van der Waals surface area contributed by atoms with Crippen molar-refractivity contribution in [3.8, 4) is 0 Å². The van der Waals surface area contributed by atoms with Gasteiger partial charge in [-0.05, 0) is 24.7 Å². The van der Waals surface area contributed by atoms with Gasteiger partial charge in [0.2, 0.25) is 17.7 Å². The normalized spacial score (nSPS) is 20.8. The first kappa shape index (κ1) is 23.9. The molecular formula is C19H34N4O5. The first-order valence-corrected chi connectivity index (χ1v) is 9.99. The number of carbonyl (C=O) groups excluding carboxylic acids is 3. The number of likely N-dealkylation sites (tertiary alicyclic amines) is 1. The fourth-order valence-corrected chi connectivity index (χ4v) is 3.18. The summed E-state index contributed by atoms with van der Waals surface area (Å²) in [5.74, 6) is -2.58. The number of aliphatic carboxylic acids is 1. The summed E-state index contributed by atoms with van der Waals surface area (Å²) in [5.41, 5.74) is 6.02. The number of nitrogens with zero attached hydrogens (tertiary/aromatic N) is 1. The molecular weight excluding hydrogens is 364 g/mol. The predicted molar refractivity (Wildman–Crippen MR) is 104 cm³/mol. The number of rotatable bonds is 10. The molecule has 1 fully saturated rings. The summed E-state index contributed by atoms with van der Waals surface area (Å²) >= 11 is 0. The molecule has 9 nitrogen and oxygen atoms in total. The zero-order valence-corrected chi connectivity index (χ0v) is 17.2. The van der Waals surface area contributed by atoms with Gasteiger partial charge < -0.3 is 26.4 Å². The Labute approximate surface area is 166 Å². The quantitative estimate of drug-likeness (QED) is 0.411. The van der Waals surface area contributed by atoms with Gasteiger partial charge in [0.15, 0.2) is 0 Å². The molecule has 9 heteroatoms. The highest BCUT2D eigenvalue weighted by atomic mass is 16.4. The van der Waals surface area contributed by atoms with Gasteiger partial charge in [0.05, 0.1) is 12.6 Å². The highest BCUT2D eigenvalue weighted by Crippen LogP contribution is 2.20. The van der Waals surface area contributed by atoms with Gasteiger partial charge in [-0.1, -0.05) is 40.5 Å². The lowest BCUT2D eigenvalue weighted by Gasteiger charge is -2.28. The van der Waals surface area contributed by atoms with E-state index < -0.39 is 35.9 Å². The lowest BCUT2D eigenvalue weighted by atomic mass is 9.98. The minimum absolute atomic E-state index is 0.0103. The van der Waals surface area contributed by atoms with Gasteiger partial charge >= 0.3 is 5.97 Å². The lowest BCUT2D eigenvalue weighted by Crippen LogP contribution is -2.54. The molecule has 1 aliphatic rings. The minimum atomic E-state index is -1.11. The first-order chi connectivity index (χ1) is 13.1. The Morgan fingerprint density at radius 1 is 1.14 bits per heavy atom. The lowest BCUT2D eigenvalue weighted by molar-refractivity contribution is -0.143. The Morgan fingerprint density at radius 2 is 1.75 bits per heavy atom. The highest BCUT2D eigenvalue weighted by molar-refractivity contribution is 5.93. The minimum Gasteiger partial charge on any atom is -0.480 e. The largest absolute Gasteiger partial charge is 0.480 e. The number of nitrogens with one attached hydrogen (secondary N) is 2. The second-order valence-electron chi connectivity index (χ2n) is 7.59. The van der Waals surface area contributed by atoms with Gasteiger partial charge in [0.25, 0.3) is 0 Å². The van der Waals surface area contributed by atoms with Gasteiger partial charge in [0.1, 0.15) is 12.1 Å². The van der Waals surface area contributed by atoms with Crippen molar-refractivity contribution in [2.45, 2.75) is 71.5 Å². The van der Waals surface area contributed by atoms with Crippen molar-refractivity contribution >= 4 is 23.7 Å². The van der Waals surface area contributed by atoms with E-state index in [9.17, 15) is 24.3 Å². The molecule has 1 heterocycles. The standard InChI is InChI=1S/C19H34N4O5/c1-5-11(3)15(20)18(26)23-9-7-8-13(23)17(25)21-10-14(24)22-16(19(27)28)12(4)6-2/h11-13,15-16H,5-10,20H2,1-4H3,(H,21,25)(H,22,24)(H,27,28)/t11-,12-,13-,15-,16-/m0/s1. The average molecular weight is 399 g/mol. The summed E-state index contributed by atoms with van der Waals surface area (Å²) in [4.78, 5) is 49.9. The third kappa shape index (κ3) is 6.19. The Morgan fingerprint density at radius 3 is 2.29 bits per heavy atom. The van der Waals surface area contributed by atoms with Crippen LogP contribution < -0.4 is 16.4 Å². The van der Waals surface area contributed by atoms with Crippen molar-refractivity contribution in [1.82, 2.24) is 15.5 Å². The van der Waals surface area contributed by atoms with Gasteiger partial charge in [-0.25, -0.2) is 4.79 Å². The number of carbonyl (C=O) groups is 4. The second kappa shape index (κ2) is 11.0. The molecule has 160 valence electrons. The van der Waals surface area contributed by atoms with E-state index in [4.69, 9.17) is 5.73 Å². The number of hydrogen-bond acceptors (Lipinski definition) is 5. The van der Waals surface area contributed by atoms with E-state index in [0.717, 1.165) is 6.42 Å². The van der Waals surface area contributed by atoms with Crippen LogP contribution in [0.4, 0.5) is 0 Å². The second-order valence-corrected chi connectivity index (χ2v) is 7.59. The van der Waals surface area contributed by atoms with Crippen LogP contribution in [0.15, 0.2) is 0 Å². The van der Waals surface area contributed by atoms with Gasteiger partial charge in [-0.15, -0.1) is 0 Å². The average Bonchev–Trinajstić information content (AvgIpc) is 3.17. The van der Waals surface area contributed by atoms with Crippen LogP contribution in [0.1, 0.15) is 53.4 Å². The molecule has 5 atom stereocenters. The number of carboxylic acid groups (broad SMARTS) is 1. The van der Waals surface area contributed by atoms with Crippen LogP contribution >= 0.6 is 0 Å². The zero-order valence-electron chi connectivity index (χ0n) is 17.2. The first-order valence-electron chi connectivity index (χ1n) is 9.99. The highest BCUT2D eigenvalue weighted by Gasteiger charge is 2.37. The van der Waals surface area contributed by atoms with Crippen LogP contribution in [-0.2, 0) is 19.2 Å². The fourth-order valence-electron chi connectivity index (χ4n) is 3.18. The third-order valence-electron chi connectivity index (χ3n) is 5.60. The SMILES string of the molecule is CC[C@H](C)[C@H](N)C(=O)N1CCC[C@H]1C(=O)NCC(=O)N[C@H](C(=O)O)[C@@H](C)CC. The molecule has 28 heavy (non-hydrogen) atoms. The van der Waals surface area contributed by atoms with Crippen molar-refractivity contribution in [2.75, 3.05) is 13.1 Å². The van der Waals surface area contributed by atoms with E-state index in [0.29, 0.717) is 25.8 Å². The fraction of sp³-hybridized carbons (Fsp3) is 0.789. The number of nitrogens with two attached hydrogens (primary N) is 1. The van der Waals surface area contributed by atoms with Crippen LogP contribution in [0.5, 0.6) is 0 Å². The van der Waals surface area contributed by atoms with Crippen LogP contribution in [0.2, 0.25) is 0 Å². The van der Waals surface area contributed by atoms with Gasteiger partial charge in [-0.2, -0.15) is 0 Å². The van der Waals surface area contributed by atoms with Crippen LogP contribution in [0.25, 0.3) is 0 Å². The van der Waals surface area contributed by atoms with E-state index >= 15 is 0 Å². The maximum atomic E-state index is 12.6. The molecule has 0 aromatic carbocycles. The van der Waals surface area contributed by atoms with E-state index in [-0.39, 0.29) is 24.3 Å². The summed E-state index contributed by atoms with van der Waals surface area (Å²) < 4.78 is 0. The maximum Gasteiger partial charge on any atom is 0.326 e. The Bertz CT molecular complexity index is 583. The van der Waals surface area contributed by atoms with Crippen molar-refractivity contribution in [2.24, 2.45) is 17.6 Å². The van der Waals surface area contributed by atoms with E-state index in [1.807, 2.05) is 20.8 Å². The smallest absolute Gasteiger partial charge is 0.326 e. The van der Waals surface area contributed by atoms with Crippen molar-refractivity contribution in [1.29, 1.82) is 0 Å². The Balaban J connectivity index is 2.63.